The van der Waals surface area contributed by atoms with Crippen molar-refractivity contribution in [3.8, 4) is 5.75 Å². The predicted molar refractivity (Wildman–Crippen MR) is 113 cm³/mol. The number of rotatable bonds is 4. The standard InChI is InChI=1S/C23H31N3O3/c27-22(24-13-12-18-7-2-1-3-8-18)19-9-6-14-25(17-19)23(28)26-15-16-29-21-11-5-4-10-20(21)26/h4-5,7,10-11,19H,1-3,6,8-9,12-17H2,(H,24,27). The Labute approximate surface area is 172 Å². The van der Waals surface area contributed by atoms with Crippen LogP contribution in [-0.4, -0.2) is 49.6 Å². The summed E-state index contributed by atoms with van der Waals surface area (Å²) in [6, 6.07) is 7.62. The van der Waals surface area contributed by atoms with Gasteiger partial charge >= 0.3 is 6.03 Å². The van der Waals surface area contributed by atoms with Gasteiger partial charge in [0, 0.05) is 19.6 Å². The Balaban J connectivity index is 1.31. The van der Waals surface area contributed by atoms with Gasteiger partial charge in [0.05, 0.1) is 18.2 Å². The van der Waals surface area contributed by atoms with Crippen LogP contribution in [0, 0.1) is 5.92 Å². The quantitative estimate of drug-likeness (QED) is 0.788. The van der Waals surface area contributed by atoms with Crippen molar-refractivity contribution in [2.24, 2.45) is 5.92 Å². The topological polar surface area (TPSA) is 61.9 Å². The van der Waals surface area contributed by atoms with Crippen LogP contribution in [0.15, 0.2) is 35.9 Å². The third kappa shape index (κ3) is 4.74. The molecule has 1 N–H and O–H groups in total. The molecule has 0 spiro atoms. The average molecular weight is 398 g/mol. The number of likely N-dealkylation sites (tertiary alicyclic amines) is 1. The summed E-state index contributed by atoms with van der Waals surface area (Å²) < 4.78 is 5.66. The maximum Gasteiger partial charge on any atom is 0.324 e. The number of carbonyl (C=O) groups is 2. The summed E-state index contributed by atoms with van der Waals surface area (Å²) in [6.45, 7) is 2.93. The number of carbonyl (C=O) groups excluding carboxylic acids is 2. The number of ether oxygens (including phenoxy) is 1. The number of para-hydroxylation sites is 2. The van der Waals surface area contributed by atoms with E-state index in [-0.39, 0.29) is 17.9 Å². The highest BCUT2D eigenvalue weighted by Crippen LogP contribution is 2.32. The Morgan fingerprint density at radius 1 is 1.14 bits per heavy atom. The van der Waals surface area contributed by atoms with Gasteiger partial charge in [-0.2, -0.15) is 0 Å². The average Bonchev–Trinajstić information content (AvgIpc) is 2.79. The van der Waals surface area contributed by atoms with Crippen molar-refractivity contribution >= 4 is 17.6 Å². The zero-order valence-electron chi connectivity index (χ0n) is 17.1. The fourth-order valence-corrected chi connectivity index (χ4v) is 4.53. The molecule has 1 aliphatic carbocycles. The van der Waals surface area contributed by atoms with Crippen molar-refractivity contribution in [2.75, 3.05) is 37.7 Å². The van der Waals surface area contributed by atoms with E-state index in [0.29, 0.717) is 32.8 Å². The van der Waals surface area contributed by atoms with E-state index < -0.39 is 0 Å². The fourth-order valence-electron chi connectivity index (χ4n) is 4.53. The summed E-state index contributed by atoms with van der Waals surface area (Å²) in [7, 11) is 0. The Kier molecular flexibility index (Phi) is 6.37. The largest absolute Gasteiger partial charge is 0.490 e. The van der Waals surface area contributed by atoms with Crippen molar-refractivity contribution in [1.29, 1.82) is 0 Å². The first-order valence-corrected chi connectivity index (χ1v) is 11.0. The van der Waals surface area contributed by atoms with E-state index >= 15 is 0 Å². The highest BCUT2D eigenvalue weighted by Gasteiger charge is 2.33. The number of allylic oxidation sites excluding steroid dienone is 1. The summed E-state index contributed by atoms with van der Waals surface area (Å²) in [6.07, 6.45) is 9.89. The lowest BCUT2D eigenvalue weighted by Gasteiger charge is -2.37. The molecule has 1 fully saturated rings. The molecule has 6 nitrogen and oxygen atoms in total. The molecule has 2 heterocycles. The number of benzene rings is 1. The fraction of sp³-hybridized carbons (Fsp3) is 0.565. The first-order valence-electron chi connectivity index (χ1n) is 11.0. The molecule has 1 aromatic rings. The molecular weight excluding hydrogens is 366 g/mol. The van der Waals surface area contributed by atoms with Crippen molar-refractivity contribution in [3.63, 3.8) is 0 Å². The van der Waals surface area contributed by atoms with E-state index in [1.54, 1.807) is 4.90 Å². The molecule has 29 heavy (non-hydrogen) atoms. The Bertz CT molecular complexity index is 776. The van der Waals surface area contributed by atoms with Gasteiger partial charge < -0.3 is 15.0 Å². The van der Waals surface area contributed by atoms with Crippen molar-refractivity contribution in [2.45, 2.75) is 44.9 Å². The van der Waals surface area contributed by atoms with Gasteiger partial charge in [-0.25, -0.2) is 4.79 Å². The first kappa shape index (κ1) is 19.8. The summed E-state index contributed by atoms with van der Waals surface area (Å²) >= 11 is 0. The third-order valence-corrected chi connectivity index (χ3v) is 6.15. The molecule has 1 atom stereocenters. The van der Waals surface area contributed by atoms with Crippen molar-refractivity contribution in [3.05, 3.63) is 35.9 Å². The number of nitrogens with zero attached hydrogens (tertiary/aromatic N) is 2. The molecule has 4 rings (SSSR count). The molecule has 1 saturated heterocycles. The van der Waals surface area contributed by atoms with Crippen LogP contribution in [0.1, 0.15) is 44.9 Å². The molecule has 3 aliphatic rings. The summed E-state index contributed by atoms with van der Waals surface area (Å²) in [5.74, 6) is 0.709. The number of anilines is 1. The predicted octanol–water partition coefficient (Wildman–Crippen LogP) is 3.72. The van der Waals surface area contributed by atoms with Crippen LogP contribution in [0.2, 0.25) is 0 Å². The second-order valence-electron chi connectivity index (χ2n) is 8.18. The second-order valence-corrected chi connectivity index (χ2v) is 8.18. The summed E-state index contributed by atoms with van der Waals surface area (Å²) in [4.78, 5) is 29.5. The number of fused-ring (bicyclic) bond motifs is 1. The monoisotopic (exact) mass is 397 g/mol. The Hall–Kier alpha value is -2.50. The van der Waals surface area contributed by atoms with Crippen LogP contribution in [0.4, 0.5) is 10.5 Å². The molecular formula is C23H31N3O3. The van der Waals surface area contributed by atoms with Gasteiger partial charge in [-0.15, -0.1) is 0 Å². The van der Waals surface area contributed by atoms with Crippen molar-refractivity contribution < 1.29 is 14.3 Å². The third-order valence-electron chi connectivity index (χ3n) is 6.15. The normalized spacial score (nSPS) is 21.7. The molecule has 0 saturated carbocycles. The lowest BCUT2D eigenvalue weighted by molar-refractivity contribution is -0.126. The lowest BCUT2D eigenvalue weighted by Crippen LogP contribution is -2.52. The van der Waals surface area contributed by atoms with Gasteiger partial charge in [-0.05, 0) is 57.1 Å². The van der Waals surface area contributed by atoms with Crippen LogP contribution in [0.3, 0.4) is 0 Å². The van der Waals surface area contributed by atoms with Gasteiger partial charge in [0.1, 0.15) is 12.4 Å². The SMILES string of the molecule is O=C(NCCC1=CCCCC1)C1CCCN(C(=O)N2CCOc3ccccc32)C1. The maximum atomic E-state index is 13.2. The molecule has 0 radical (unpaired) electrons. The summed E-state index contributed by atoms with van der Waals surface area (Å²) in [5, 5.41) is 3.10. The molecule has 1 unspecified atom stereocenters. The number of piperidine rings is 1. The minimum Gasteiger partial charge on any atom is -0.490 e. The minimum absolute atomic E-state index is 0.0226. The zero-order valence-corrected chi connectivity index (χ0v) is 17.1. The van der Waals surface area contributed by atoms with Crippen LogP contribution in [0.25, 0.3) is 0 Å². The molecule has 6 heteroatoms. The van der Waals surface area contributed by atoms with Crippen LogP contribution in [-0.2, 0) is 4.79 Å². The van der Waals surface area contributed by atoms with Crippen LogP contribution >= 0.6 is 0 Å². The van der Waals surface area contributed by atoms with E-state index in [1.807, 2.05) is 29.2 Å². The highest BCUT2D eigenvalue weighted by molar-refractivity contribution is 5.94. The molecule has 3 amide bonds. The molecule has 1 aromatic carbocycles. The summed E-state index contributed by atoms with van der Waals surface area (Å²) in [5.41, 5.74) is 2.29. The minimum atomic E-state index is -0.121. The van der Waals surface area contributed by atoms with Crippen molar-refractivity contribution in [1.82, 2.24) is 10.2 Å². The molecule has 2 aliphatic heterocycles. The van der Waals surface area contributed by atoms with Gasteiger partial charge in [0.25, 0.3) is 0 Å². The zero-order chi connectivity index (χ0) is 20.1. The number of urea groups is 1. The number of amides is 3. The maximum absolute atomic E-state index is 13.2. The van der Waals surface area contributed by atoms with Gasteiger partial charge in [0.2, 0.25) is 5.91 Å². The van der Waals surface area contributed by atoms with E-state index in [1.165, 1.54) is 31.3 Å². The van der Waals surface area contributed by atoms with E-state index in [9.17, 15) is 9.59 Å². The van der Waals surface area contributed by atoms with Crippen LogP contribution in [0.5, 0.6) is 5.75 Å². The second kappa shape index (κ2) is 9.33. The first-order chi connectivity index (χ1) is 14.2. The Morgan fingerprint density at radius 2 is 2.03 bits per heavy atom. The number of hydrogen-bond acceptors (Lipinski definition) is 3. The van der Waals surface area contributed by atoms with Gasteiger partial charge in [0.15, 0.2) is 0 Å². The van der Waals surface area contributed by atoms with E-state index in [2.05, 4.69) is 11.4 Å². The highest BCUT2D eigenvalue weighted by atomic mass is 16.5. The number of nitrogens with one attached hydrogen (secondary N) is 1. The van der Waals surface area contributed by atoms with E-state index in [4.69, 9.17) is 4.74 Å². The smallest absolute Gasteiger partial charge is 0.324 e. The lowest BCUT2D eigenvalue weighted by atomic mass is 9.96. The molecule has 156 valence electrons. The van der Waals surface area contributed by atoms with Gasteiger partial charge in [-0.3, -0.25) is 9.69 Å². The van der Waals surface area contributed by atoms with Gasteiger partial charge in [-0.1, -0.05) is 23.8 Å². The molecule has 0 bridgehead atoms. The Morgan fingerprint density at radius 3 is 2.90 bits per heavy atom. The number of hydrogen-bond donors (Lipinski definition) is 1. The van der Waals surface area contributed by atoms with Crippen LogP contribution < -0.4 is 15.0 Å². The molecule has 0 aromatic heterocycles. The van der Waals surface area contributed by atoms with E-state index in [0.717, 1.165) is 30.7 Å².